The molecule has 0 aliphatic carbocycles. The first kappa shape index (κ1) is 27.4. The molecule has 0 aliphatic heterocycles. The summed E-state index contributed by atoms with van der Waals surface area (Å²) in [6, 6.07) is 20.4. The lowest BCUT2D eigenvalue weighted by Gasteiger charge is -2.13. The van der Waals surface area contributed by atoms with Gasteiger partial charge >= 0.3 is 0 Å². The Bertz CT molecular complexity index is 1310. The fourth-order valence-electron chi connectivity index (χ4n) is 3.35. The van der Waals surface area contributed by atoms with Gasteiger partial charge in [-0.05, 0) is 66.4 Å². The Morgan fingerprint density at radius 1 is 1.08 bits per heavy atom. The smallest absolute Gasteiger partial charge is 0.262 e. The van der Waals surface area contributed by atoms with E-state index in [2.05, 4.69) is 26.6 Å². The van der Waals surface area contributed by atoms with Gasteiger partial charge in [0, 0.05) is 16.7 Å². The second kappa shape index (κ2) is 13.8. The van der Waals surface area contributed by atoms with E-state index >= 15 is 0 Å². The van der Waals surface area contributed by atoms with Gasteiger partial charge in [0.15, 0.2) is 18.1 Å². The number of anilines is 1. The van der Waals surface area contributed by atoms with Crippen LogP contribution >= 0.6 is 15.9 Å². The van der Waals surface area contributed by atoms with Gasteiger partial charge in [-0.15, -0.1) is 0 Å². The SMILES string of the molecule is COc1cc(/C=C(/C#N)C(=O)NCCCc2ccccc2)c(Br)cc1OCC(=O)Nc1ccc(F)cc1. The topological polar surface area (TPSA) is 100 Å². The molecule has 0 unspecified atom stereocenters. The summed E-state index contributed by atoms with van der Waals surface area (Å²) in [6.07, 6.45) is 3.01. The Kier molecular flexibility index (Phi) is 10.2. The first-order chi connectivity index (χ1) is 17.9. The molecule has 2 N–H and O–H groups in total. The molecule has 0 aromatic heterocycles. The van der Waals surface area contributed by atoms with Crippen LogP contribution in [0.4, 0.5) is 10.1 Å². The molecule has 3 aromatic carbocycles. The number of methoxy groups -OCH3 is 1. The minimum absolute atomic E-state index is 0.0604. The van der Waals surface area contributed by atoms with Gasteiger partial charge in [-0.2, -0.15) is 5.26 Å². The molecule has 2 amide bonds. The Morgan fingerprint density at radius 3 is 2.49 bits per heavy atom. The van der Waals surface area contributed by atoms with Crippen LogP contribution in [0.25, 0.3) is 6.08 Å². The fraction of sp³-hybridized carbons (Fsp3) is 0.179. The fourth-order valence-corrected chi connectivity index (χ4v) is 3.78. The Balaban J connectivity index is 1.61. The van der Waals surface area contributed by atoms with Crippen molar-refractivity contribution in [1.82, 2.24) is 5.32 Å². The molecule has 3 rings (SSSR count). The number of carbonyl (C=O) groups excluding carboxylic acids is 2. The number of hydrogen-bond acceptors (Lipinski definition) is 5. The highest BCUT2D eigenvalue weighted by atomic mass is 79.9. The van der Waals surface area contributed by atoms with Crippen molar-refractivity contribution >= 4 is 39.5 Å². The van der Waals surface area contributed by atoms with Crippen LogP contribution in [0.2, 0.25) is 0 Å². The molecule has 0 spiro atoms. The summed E-state index contributed by atoms with van der Waals surface area (Å²) in [5.74, 6) is -0.726. The van der Waals surface area contributed by atoms with E-state index in [0.29, 0.717) is 28.0 Å². The standard InChI is InChI=1S/C28H25BrFN3O4/c1-36-25-15-20(14-21(17-31)28(35)32-13-5-8-19-6-3-2-4-7-19)24(29)16-26(25)37-18-27(34)33-23-11-9-22(30)10-12-23/h2-4,6-7,9-12,14-16H,5,8,13,18H2,1H3,(H,32,35)(H,33,34)/b21-14-. The van der Waals surface area contributed by atoms with Crippen molar-refractivity contribution in [2.45, 2.75) is 12.8 Å². The summed E-state index contributed by atoms with van der Waals surface area (Å²) in [5.41, 5.74) is 2.08. The Morgan fingerprint density at radius 2 is 1.81 bits per heavy atom. The summed E-state index contributed by atoms with van der Waals surface area (Å²) >= 11 is 3.42. The number of hydrogen-bond donors (Lipinski definition) is 2. The van der Waals surface area contributed by atoms with Gasteiger partial charge in [0.25, 0.3) is 11.8 Å². The maximum atomic E-state index is 13.0. The van der Waals surface area contributed by atoms with Gasteiger partial charge in [-0.3, -0.25) is 9.59 Å². The second-order valence-corrected chi connectivity index (χ2v) is 8.74. The van der Waals surface area contributed by atoms with Crippen molar-refractivity contribution in [3.05, 3.63) is 93.7 Å². The Labute approximate surface area is 223 Å². The van der Waals surface area contributed by atoms with Crippen molar-refractivity contribution in [2.24, 2.45) is 0 Å². The van der Waals surface area contributed by atoms with Crippen LogP contribution in [0.15, 0.2) is 76.8 Å². The van der Waals surface area contributed by atoms with Gasteiger partial charge in [0.2, 0.25) is 0 Å². The highest BCUT2D eigenvalue weighted by Crippen LogP contribution is 2.34. The number of nitrogens with one attached hydrogen (secondary N) is 2. The van der Waals surface area contributed by atoms with E-state index in [4.69, 9.17) is 9.47 Å². The quantitative estimate of drug-likeness (QED) is 0.187. The number of rotatable bonds is 11. The van der Waals surface area contributed by atoms with E-state index in [1.54, 1.807) is 12.1 Å². The highest BCUT2D eigenvalue weighted by molar-refractivity contribution is 9.10. The molecule has 0 heterocycles. The third kappa shape index (κ3) is 8.47. The lowest BCUT2D eigenvalue weighted by Crippen LogP contribution is -2.25. The Hall–Kier alpha value is -4.16. The summed E-state index contributed by atoms with van der Waals surface area (Å²) in [4.78, 5) is 24.7. The van der Waals surface area contributed by atoms with Gasteiger partial charge in [0.1, 0.15) is 17.5 Å². The minimum atomic E-state index is -0.473. The normalized spacial score (nSPS) is 10.8. The number of ether oxygens (including phenoxy) is 2. The van der Waals surface area contributed by atoms with Crippen molar-refractivity contribution < 1.29 is 23.5 Å². The summed E-state index contributed by atoms with van der Waals surface area (Å²) in [7, 11) is 1.44. The largest absolute Gasteiger partial charge is 0.493 e. The van der Waals surface area contributed by atoms with Gasteiger partial charge in [-0.25, -0.2) is 4.39 Å². The highest BCUT2D eigenvalue weighted by Gasteiger charge is 2.14. The molecule has 0 fully saturated rings. The molecule has 0 atom stereocenters. The van der Waals surface area contributed by atoms with Crippen molar-refractivity contribution in [3.8, 4) is 17.6 Å². The summed E-state index contributed by atoms with van der Waals surface area (Å²) < 4.78 is 24.5. The molecule has 3 aromatic rings. The predicted molar refractivity (Wildman–Crippen MR) is 143 cm³/mol. The van der Waals surface area contributed by atoms with Crippen molar-refractivity contribution in [3.63, 3.8) is 0 Å². The van der Waals surface area contributed by atoms with Crippen molar-refractivity contribution in [2.75, 3.05) is 25.6 Å². The molecule has 7 nitrogen and oxygen atoms in total. The first-order valence-electron chi connectivity index (χ1n) is 11.4. The van der Waals surface area contributed by atoms with Crippen LogP contribution in [0.3, 0.4) is 0 Å². The number of aryl methyl sites for hydroxylation is 1. The van der Waals surface area contributed by atoms with Gasteiger partial charge < -0.3 is 20.1 Å². The summed E-state index contributed by atoms with van der Waals surface area (Å²) in [6.45, 7) is 0.119. The second-order valence-electron chi connectivity index (χ2n) is 7.88. The van der Waals surface area contributed by atoms with E-state index in [-0.39, 0.29) is 17.9 Å². The average molecular weight is 566 g/mol. The summed E-state index contributed by atoms with van der Waals surface area (Å²) in [5, 5.41) is 14.9. The molecule has 37 heavy (non-hydrogen) atoms. The van der Waals surface area contributed by atoms with E-state index < -0.39 is 17.6 Å². The third-order valence-corrected chi connectivity index (χ3v) is 5.89. The van der Waals surface area contributed by atoms with Crippen LogP contribution in [-0.2, 0) is 16.0 Å². The van der Waals surface area contributed by atoms with Crippen LogP contribution in [0, 0.1) is 17.1 Å². The predicted octanol–water partition coefficient (Wildman–Crippen LogP) is 5.27. The molecule has 9 heteroatoms. The van der Waals surface area contributed by atoms with Crippen LogP contribution < -0.4 is 20.1 Å². The molecule has 0 saturated carbocycles. The molecule has 0 radical (unpaired) electrons. The monoisotopic (exact) mass is 565 g/mol. The van der Waals surface area contributed by atoms with Crippen LogP contribution in [-0.4, -0.2) is 32.1 Å². The third-order valence-electron chi connectivity index (χ3n) is 5.21. The number of benzene rings is 3. The zero-order chi connectivity index (χ0) is 26.6. The minimum Gasteiger partial charge on any atom is -0.493 e. The van der Waals surface area contributed by atoms with Gasteiger partial charge in [0.05, 0.1) is 7.11 Å². The van der Waals surface area contributed by atoms with Gasteiger partial charge in [-0.1, -0.05) is 46.3 Å². The lowest BCUT2D eigenvalue weighted by atomic mass is 10.1. The van der Waals surface area contributed by atoms with Crippen LogP contribution in [0.5, 0.6) is 11.5 Å². The zero-order valence-corrected chi connectivity index (χ0v) is 21.7. The number of amides is 2. The maximum absolute atomic E-state index is 13.0. The molecule has 0 bridgehead atoms. The first-order valence-corrected chi connectivity index (χ1v) is 12.2. The van der Waals surface area contributed by atoms with E-state index in [1.165, 1.54) is 43.0 Å². The lowest BCUT2D eigenvalue weighted by molar-refractivity contribution is -0.118. The van der Waals surface area contributed by atoms with E-state index in [0.717, 1.165) is 12.8 Å². The number of carbonyl (C=O) groups is 2. The van der Waals surface area contributed by atoms with E-state index in [1.807, 2.05) is 36.4 Å². The molecular formula is C28H25BrFN3O4. The molecule has 0 saturated heterocycles. The molecular weight excluding hydrogens is 541 g/mol. The maximum Gasteiger partial charge on any atom is 0.262 e. The number of nitriles is 1. The van der Waals surface area contributed by atoms with E-state index in [9.17, 15) is 19.2 Å². The molecule has 190 valence electrons. The average Bonchev–Trinajstić information content (AvgIpc) is 2.91. The van der Waals surface area contributed by atoms with Crippen LogP contribution in [0.1, 0.15) is 17.5 Å². The number of nitrogens with zero attached hydrogens (tertiary/aromatic N) is 1. The van der Waals surface area contributed by atoms with Crippen molar-refractivity contribution in [1.29, 1.82) is 5.26 Å². The number of halogens is 2. The molecule has 0 aliphatic rings. The zero-order valence-electron chi connectivity index (χ0n) is 20.1.